The minimum atomic E-state index is -0.999. The summed E-state index contributed by atoms with van der Waals surface area (Å²) in [4.78, 5) is 10.4. The molecule has 88 valence electrons. The summed E-state index contributed by atoms with van der Waals surface area (Å²) in [5.74, 6) is 0.682. The molecule has 0 aromatic heterocycles. The van der Waals surface area contributed by atoms with Gasteiger partial charge in [0.2, 0.25) is 5.54 Å². The molecule has 0 bridgehead atoms. The van der Waals surface area contributed by atoms with Crippen LogP contribution in [-0.4, -0.2) is 24.1 Å². The molecule has 0 atom stereocenters. The van der Waals surface area contributed by atoms with Crippen molar-refractivity contribution in [3.63, 3.8) is 0 Å². The summed E-state index contributed by atoms with van der Waals surface area (Å²) in [6.45, 7) is 3.41. The SMILES string of the molecule is COc1ccccc1NCC(C)(C)[N+](=O)[O-]. The third-order valence-corrected chi connectivity index (χ3v) is 2.31. The van der Waals surface area contributed by atoms with Gasteiger partial charge in [0.15, 0.2) is 0 Å². The second-order valence-electron chi connectivity index (χ2n) is 4.12. The third-order valence-electron chi connectivity index (χ3n) is 2.31. The van der Waals surface area contributed by atoms with Crippen LogP contribution in [-0.2, 0) is 0 Å². The molecular formula is C11H16N2O3. The van der Waals surface area contributed by atoms with E-state index in [0.29, 0.717) is 5.75 Å². The third kappa shape index (κ3) is 2.85. The zero-order chi connectivity index (χ0) is 12.2. The molecule has 1 aromatic carbocycles. The van der Waals surface area contributed by atoms with Gasteiger partial charge in [-0.15, -0.1) is 0 Å². The van der Waals surface area contributed by atoms with Crippen molar-refractivity contribution >= 4 is 5.69 Å². The summed E-state index contributed by atoms with van der Waals surface area (Å²) in [6, 6.07) is 7.34. The predicted molar refractivity (Wildman–Crippen MR) is 62.6 cm³/mol. The summed E-state index contributed by atoms with van der Waals surface area (Å²) in [6.07, 6.45) is 0. The van der Waals surface area contributed by atoms with E-state index < -0.39 is 5.54 Å². The van der Waals surface area contributed by atoms with E-state index in [0.717, 1.165) is 5.69 Å². The van der Waals surface area contributed by atoms with Crippen molar-refractivity contribution in [2.24, 2.45) is 0 Å². The molecule has 16 heavy (non-hydrogen) atoms. The lowest BCUT2D eigenvalue weighted by atomic mass is 10.1. The lowest BCUT2D eigenvalue weighted by Gasteiger charge is -2.18. The van der Waals surface area contributed by atoms with Gasteiger partial charge in [-0.2, -0.15) is 0 Å². The van der Waals surface area contributed by atoms with E-state index in [1.165, 1.54) is 0 Å². The Labute approximate surface area is 94.6 Å². The van der Waals surface area contributed by atoms with Crippen LogP contribution in [0.4, 0.5) is 5.69 Å². The van der Waals surface area contributed by atoms with Crippen molar-refractivity contribution in [2.75, 3.05) is 19.0 Å². The maximum absolute atomic E-state index is 10.7. The monoisotopic (exact) mass is 224 g/mol. The Kier molecular flexibility index (Phi) is 3.71. The van der Waals surface area contributed by atoms with E-state index in [1.807, 2.05) is 24.3 Å². The Morgan fingerprint density at radius 1 is 1.44 bits per heavy atom. The first-order valence-corrected chi connectivity index (χ1v) is 4.99. The van der Waals surface area contributed by atoms with E-state index >= 15 is 0 Å². The second kappa shape index (κ2) is 4.83. The van der Waals surface area contributed by atoms with Crippen molar-refractivity contribution in [3.8, 4) is 5.75 Å². The number of ether oxygens (including phenoxy) is 1. The number of rotatable bonds is 5. The van der Waals surface area contributed by atoms with Crippen LogP contribution in [0.1, 0.15) is 13.8 Å². The Bertz CT molecular complexity index is 377. The van der Waals surface area contributed by atoms with Crippen molar-refractivity contribution in [2.45, 2.75) is 19.4 Å². The average molecular weight is 224 g/mol. The Morgan fingerprint density at radius 2 is 2.06 bits per heavy atom. The molecular weight excluding hydrogens is 208 g/mol. The van der Waals surface area contributed by atoms with Gasteiger partial charge in [0.1, 0.15) is 5.75 Å². The minimum Gasteiger partial charge on any atom is -0.495 e. The summed E-state index contributed by atoms with van der Waals surface area (Å²) >= 11 is 0. The number of nitro groups is 1. The Balaban J connectivity index is 2.71. The molecule has 1 N–H and O–H groups in total. The van der Waals surface area contributed by atoms with Gasteiger partial charge in [-0.25, -0.2) is 0 Å². The topological polar surface area (TPSA) is 64.4 Å². The lowest BCUT2D eigenvalue weighted by Crippen LogP contribution is -2.38. The molecule has 0 heterocycles. The normalized spacial score (nSPS) is 10.9. The van der Waals surface area contributed by atoms with E-state index in [-0.39, 0.29) is 11.5 Å². The Morgan fingerprint density at radius 3 is 2.62 bits per heavy atom. The molecule has 5 nitrogen and oxygen atoms in total. The van der Waals surface area contributed by atoms with Crippen LogP contribution in [0, 0.1) is 10.1 Å². The van der Waals surface area contributed by atoms with Crippen molar-refractivity contribution in [1.82, 2.24) is 0 Å². The fraction of sp³-hybridized carbons (Fsp3) is 0.455. The van der Waals surface area contributed by atoms with Crippen molar-refractivity contribution < 1.29 is 9.66 Å². The molecule has 0 saturated heterocycles. The maximum atomic E-state index is 10.7. The van der Waals surface area contributed by atoms with Crippen LogP contribution < -0.4 is 10.1 Å². The largest absolute Gasteiger partial charge is 0.495 e. The average Bonchev–Trinajstić information content (AvgIpc) is 2.26. The summed E-state index contributed by atoms with van der Waals surface area (Å²) in [5.41, 5.74) is -0.235. The van der Waals surface area contributed by atoms with Gasteiger partial charge >= 0.3 is 0 Å². The smallest absolute Gasteiger partial charge is 0.233 e. The molecule has 1 aromatic rings. The maximum Gasteiger partial charge on any atom is 0.233 e. The number of para-hydroxylation sites is 2. The van der Waals surface area contributed by atoms with Gasteiger partial charge in [-0.1, -0.05) is 12.1 Å². The van der Waals surface area contributed by atoms with Crippen LogP contribution in [0.2, 0.25) is 0 Å². The van der Waals surface area contributed by atoms with Gasteiger partial charge in [-0.3, -0.25) is 10.1 Å². The van der Waals surface area contributed by atoms with Crippen LogP contribution in [0.15, 0.2) is 24.3 Å². The first-order chi connectivity index (χ1) is 7.47. The van der Waals surface area contributed by atoms with Crippen LogP contribution in [0.25, 0.3) is 0 Å². The second-order valence-corrected chi connectivity index (χ2v) is 4.12. The highest BCUT2D eigenvalue weighted by atomic mass is 16.6. The number of methoxy groups -OCH3 is 1. The highest BCUT2D eigenvalue weighted by molar-refractivity contribution is 5.56. The lowest BCUT2D eigenvalue weighted by molar-refractivity contribution is -0.556. The fourth-order valence-electron chi connectivity index (χ4n) is 1.17. The number of hydrogen-bond acceptors (Lipinski definition) is 4. The molecule has 0 radical (unpaired) electrons. The molecule has 0 aliphatic rings. The van der Waals surface area contributed by atoms with Crippen LogP contribution in [0.5, 0.6) is 5.75 Å². The minimum absolute atomic E-state index is 0.250. The predicted octanol–water partition coefficient (Wildman–Crippen LogP) is 2.16. The van der Waals surface area contributed by atoms with E-state index in [1.54, 1.807) is 21.0 Å². The number of nitrogens with zero attached hydrogens (tertiary/aromatic N) is 1. The first-order valence-electron chi connectivity index (χ1n) is 4.99. The summed E-state index contributed by atoms with van der Waals surface area (Å²) in [5, 5.41) is 13.8. The van der Waals surface area contributed by atoms with E-state index in [2.05, 4.69) is 5.32 Å². The molecule has 0 aliphatic carbocycles. The highest BCUT2D eigenvalue weighted by Gasteiger charge is 2.30. The Hall–Kier alpha value is -1.78. The first kappa shape index (κ1) is 12.3. The quantitative estimate of drug-likeness (QED) is 0.615. The fourth-order valence-corrected chi connectivity index (χ4v) is 1.17. The van der Waals surface area contributed by atoms with E-state index in [4.69, 9.17) is 4.74 Å². The molecule has 0 fully saturated rings. The van der Waals surface area contributed by atoms with Gasteiger partial charge in [0, 0.05) is 18.8 Å². The molecule has 1 rings (SSSR count). The van der Waals surface area contributed by atoms with Gasteiger partial charge < -0.3 is 10.1 Å². The number of anilines is 1. The van der Waals surface area contributed by atoms with Crippen molar-refractivity contribution in [1.29, 1.82) is 0 Å². The number of hydrogen-bond donors (Lipinski definition) is 1. The summed E-state index contributed by atoms with van der Waals surface area (Å²) in [7, 11) is 1.57. The zero-order valence-corrected chi connectivity index (χ0v) is 9.69. The molecule has 0 spiro atoms. The molecule has 0 aliphatic heterocycles. The molecule has 0 saturated carbocycles. The zero-order valence-electron chi connectivity index (χ0n) is 9.69. The van der Waals surface area contributed by atoms with Crippen molar-refractivity contribution in [3.05, 3.63) is 34.4 Å². The standard InChI is InChI=1S/C11H16N2O3/c1-11(2,13(14)15)8-12-9-6-4-5-7-10(9)16-3/h4-7,12H,8H2,1-3H3. The van der Waals surface area contributed by atoms with Gasteiger partial charge in [0.05, 0.1) is 19.3 Å². The highest BCUT2D eigenvalue weighted by Crippen LogP contribution is 2.23. The van der Waals surface area contributed by atoms with E-state index in [9.17, 15) is 10.1 Å². The molecule has 0 unspecified atom stereocenters. The number of benzene rings is 1. The van der Waals surface area contributed by atoms with Gasteiger partial charge in [0.25, 0.3) is 0 Å². The molecule has 0 amide bonds. The van der Waals surface area contributed by atoms with Crippen LogP contribution >= 0.6 is 0 Å². The van der Waals surface area contributed by atoms with Gasteiger partial charge in [-0.05, 0) is 12.1 Å². The molecule has 5 heteroatoms. The summed E-state index contributed by atoms with van der Waals surface area (Å²) < 4.78 is 5.14. The van der Waals surface area contributed by atoms with Crippen LogP contribution in [0.3, 0.4) is 0 Å². The number of nitrogens with one attached hydrogen (secondary N) is 1.